The second kappa shape index (κ2) is 8.68. The van der Waals surface area contributed by atoms with Crippen LogP contribution >= 0.6 is 7.92 Å². The third-order valence-corrected chi connectivity index (χ3v) is 9.47. The predicted molar refractivity (Wildman–Crippen MR) is 129 cm³/mol. The molecule has 0 fully saturated rings. The molecule has 0 radical (unpaired) electrons. The minimum absolute atomic E-state index is 0.387. The van der Waals surface area contributed by atoms with Gasteiger partial charge in [-0.15, -0.1) is 0 Å². The van der Waals surface area contributed by atoms with E-state index in [2.05, 4.69) is 113 Å². The van der Waals surface area contributed by atoms with E-state index in [1.54, 1.807) is 11.1 Å². The number of hydrogen-bond acceptors (Lipinski definition) is 0. The Balaban J connectivity index is 1.69. The van der Waals surface area contributed by atoms with E-state index in [0.29, 0.717) is 17.8 Å². The summed E-state index contributed by atoms with van der Waals surface area (Å²) in [6, 6.07) is 22.2. The highest BCUT2D eigenvalue weighted by Gasteiger charge is 2.33. The Morgan fingerprint density at radius 3 is 1.79 bits per heavy atom. The maximum Gasteiger partial charge on any atom is 0.00581 e. The van der Waals surface area contributed by atoms with E-state index in [1.807, 2.05) is 0 Å². The molecule has 148 valence electrons. The van der Waals surface area contributed by atoms with E-state index in [9.17, 15) is 0 Å². The summed E-state index contributed by atoms with van der Waals surface area (Å²) >= 11 is 0. The molecule has 4 rings (SSSR count). The monoisotopic (exact) mass is 398 g/mol. The largest absolute Gasteiger partial charge is 0.0801 e. The van der Waals surface area contributed by atoms with Crippen LogP contribution in [-0.2, 0) is 0 Å². The lowest BCUT2D eigenvalue weighted by molar-refractivity contribution is 0.537. The van der Waals surface area contributed by atoms with Crippen LogP contribution in [-0.4, -0.2) is 6.16 Å². The second-order valence-electron chi connectivity index (χ2n) is 8.35. The van der Waals surface area contributed by atoms with Gasteiger partial charge >= 0.3 is 0 Å². The quantitative estimate of drug-likeness (QED) is 0.487. The number of allylic oxidation sites excluding steroid dienone is 8. The van der Waals surface area contributed by atoms with Gasteiger partial charge in [-0.05, 0) is 68.4 Å². The molecule has 0 aliphatic heterocycles. The molecule has 2 aromatic carbocycles. The molecule has 2 aliphatic carbocycles. The number of hydrogen-bond donors (Lipinski definition) is 0. The van der Waals surface area contributed by atoms with Crippen molar-refractivity contribution in [1.29, 1.82) is 0 Å². The van der Waals surface area contributed by atoms with Gasteiger partial charge < -0.3 is 0 Å². The van der Waals surface area contributed by atoms with Crippen LogP contribution in [0, 0.1) is 17.8 Å². The van der Waals surface area contributed by atoms with Gasteiger partial charge in [0.05, 0.1) is 0 Å². The lowest BCUT2D eigenvalue weighted by Gasteiger charge is -2.32. The Bertz CT molecular complexity index is 936. The molecule has 0 saturated carbocycles. The summed E-state index contributed by atoms with van der Waals surface area (Å²) in [6.45, 7) is 9.34. The first kappa shape index (κ1) is 20.1. The van der Waals surface area contributed by atoms with Crippen LogP contribution < -0.4 is 10.6 Å². The molecule has 2 aromatic rings. The van der Waals surface area contributed by atoms with Crippen molar-refractivity contribution in [2.75, 3.05) is 6.16 Å². The molecule has 0 N–H and O–H groups in total. The molecule has 0 heterocycles. The van der Waals surface area contributed by atoms with Crippen molar-refractivity contribution in [3.05, 3.63) is 107 Å². The molecule has 0 bridgehead atoms. The smallest absolute Gasteiger partial charge is 0.00581 e. The van der Waals surface area contributed by atoms with Crippen LogP contribution in [0.25, 0.3) is 0 Å². The summed E-state index contributed by atoms with van der Waals surface area (Å²) in [5.74, 6) is 1.59. The molecule has 0 nitrogen and oxygen atoms in total. The molecule has 0 saturated heterocycles. The summed E-state index contributed by atoms with van der Waals surface area (Å²) in [4.78, 5) is 0. The van der Waals surface area contributed by atoms with Crippen molar-refractivity contribution in [3.8, 4) is 0 Å². The molecule has 0 aromatic heterocycles. The Hall–Kier alpha value is -2.17. The second-order valence-corrected chi connectivity index (χ2v) is 10.6. The molecule has 29 heavy (non-hydrogen) atoms. The fourth-order valence-electron chi connectivity index (χ4n) is 4.88. The molecule has 3 unspecified atom stereocenters. The first-order chi connectivity index (χ1) is 14.1. The number of rotatable bonds is 5. The molecule has 3 atom stereocenters. The van der Waals surface area contributed by atoms with E-state index in [1.165, 1.54) is 27.9 Å². The van der Waals surface area contributed by atoms with Gasteiger partial charge in [0.2, 0.25) is 0 Å². The summed E-state index contributed by atoms with van der Waals surface area (Å²) in [5.41, 5.74) is 6.21. The van der Waals surface area contributed by atoms with Crippen molar-refractivity contribution in [2.45, 2.75) is 27.7 Å². The average Bonchev–Trinajstić information content (AvgIpc) is 2.96. The summed E-state index contributed by atoms with van der Waals surface area (Å²) < 4.78 is 0. The molecule has 0 amide bonds. The highest BCUT2D eigenvalue weighted by atomic mass is 31.1. The van der Waals surface area contributed by atoms with Crippen LogP contribution in [0.5, 0.6) is 0 Å². The van der Waals surface area contributed by atoms with Crippen LogP contribution in [0.2, 0.25) is 0 Å². The van der Waals surface area contributed by atoms with Crippen LogP contribution in [0.15, 0.2) is 107 Å². The molecular formula is C28H31P. The van der Waals surface area contributed by atoms with Crippen LogP contribution in [0.1, 0.15) is 27.7 Å². The minimum Gasteiger partial charge on any atom is -0.0801 e. The van der Waals surface area contributed by atoms with Gasteiger partial charge in [-0.2, -0.15) is 0 Å². The zero-order valence-electron chi connectivity index (χ0n) is 18.0. The topological polar surface area (TPSA) is 0 Å². The van der Waals surface area contributed by atoms with Gasteiger partial charge in [-0.25, -0.2) is 0 Å². The zero-order chi connectivity index (χ0) is 20.4. The predicted octanol–water partition coefficient (Wildman–Crippen LogP) is 6.78. The van der Waals surface area contributed by atoms with Crippen molar-refractivity contribution >= 4 is 18.5 Å². The van der Waals surface area contributed by atoms with Gasteiger partial charge in [0.1, 0.15) is 0 Å². The van der Waals surface area contributed by atoms with Gasteiger partial charge in [0, 0.05) is 5.92 Å². The van der Waals surface area contributed by atoms with Gasteiger partial charge in [0.25, 0.3) is 0 Å². The highest BCUT2D eigenvalue weighted by Crippen LogP contribution is 2.47. The van der Waals surface area contributed by atoms with Gasteiger partial charge in [0.15, 0.2) is 0 Å². The molecular weight excluding hydrogens is 367 g/mol. The zero-order valence-corrected chi connectivity index (χ0v) is 18.9. The van der Waals surface area contributed by atoms with Crippen LogP contribution in [0.3, 0.4) is 0 Å². The highest BCUT2D eigenvalue weighted by molar-refractivity contribution is 7.73. The molecule has 0 spiro atoms. The minimum atomic E-state index is -0.387. The Morgan fingerprint density at radius 1 is 0.724 bits per heavy atom. The van der Waals surface area contributed by atoms with Crippen molar-refractivity contribution in [2.24, 2.45) is 17.8 Å². The van der Waals surface area contributed by atoms with Gasteiger partial charge in [-0.3, -0.25) is 0 Å². The normalized spacial score (nSPS) is 24.1. The third kappa shape index (κ3) is 3.96. The van der Waals surface area contributed by atoms with Crippen molar-refractivity contribution < 1.29 is 0 Å². The summed E-state index contributed by atoms with van der Waals surface area (Å²) in [5, 5.41) is 2.96. The van der Waals surface area contributed by atoms with E-state index in [-0.39, 0.29) is 7.92 Å². The SMILES string of the molecule is CC1=C(C)C(C)C(C2C=CC=CC2CP(c2ccccc2)c2ccccc2)=C1C. The van der Waals surface area contributed by atoms with Crippen molar-refractivity contribution in [1.82, 2.24) is 0 Å². The summed E-state index contributed by atoms with van der Waals surface area (Å²) in [7, 11) is -0.387. The van der Waals surface area contributed by atoms with E-state index >= 15 is 0 Å². The van der Waals surface area contributed by atoms with Gasteiger partial charge in [-0.1, -0.05) is 103 Å². The van der Waals surface area contributed by atoms with Crippen LogP contribution in [0.4, 0.5) is 0 Å². The van der Waals surface area contributed by atoms with E-state index in [4.69, 9.17) is 0 Å². The first-order valence-corrected chi connectivity index (χ1v) is 12.2. The Kier molecular flexibility index (Phi) is 6.02. The maximum absolute atomic E-state index is 2.46. The van der Waals surface area contributed by atoms with E-state index < -0.39 is 0 Å². The lowest BCUT2D eigenvalue weighted by atomic mass is 9.78. The third-order valence-electron chi connectivity index (χ3n) is 6.84. The molecule has 2 aliphatic rings. The Labute approximate surface area is 177 Å². The average molecular weight is 399 g/mol. The lowest BCUT2D eigenvalue weighted by Crippen LogP contribution is -2.25. The summed E-state index contributed by atoms with van der Waals surface area (Å²) in [6.07, 6.45) is 10.6. The maximum atomic E-state index is 2.46. The molecule has 1 heteroatoms. The standard InChI is InChI=1S/C28H31P/c1-20-21(2)23(4)28(22(20)3)27-18-12-11-13-24(27)19-29(25-14-7-5-8-15-25)26-16-9-6-10-17-26/h5-18,22,24,27H,19H2,1-4H3. The first-order valence-electron chi connectivity index (χ1n) is 10.7. The fourth-order valence-corrected chi connectivity index (χ4v) is 7.44. The Morgan fingerprint density at radius 2 is 1.28 bits per heavy atom. The number of benzene rings is 2. The van der Waals surface area contributed by atoms with Crippen molar-refractivity contribution in [3.63, 3.8) is 0 Å². The van der Waals surface area contributed by atoms with E-state index in [0.717, 1.165) is 0 Å². The fraction of sp³-hybridized carbons (Fsp3) is 0.286.